The highest BCUT2D eigenvalue weighted by atomic mass is 32.2. The fraction of sp³-hybridized carbons (Fsp3) is 0.833. The molecule has 2 aliphatic heterocycles. The standard InChI is InChI=1S/C12H20N4S/c1-2-4-11-14-15-12(16(11)6-3-1)17-7-5-10-8-13-9-10/h10,13H,1-9H2. The summed E-state index contributed by atoms with van der Waals surface area (Å²) < 4.78 is 2.34. The van der Waals surface area contributed by atoms with Gasteiger partial charge in [0, 0.05) is 18.7 Å². The largest absolute Gasteiger partial charge is 0.316 e. The third-order valence-electron chi connectivity index (χ3n) is 3.70. The summed E-state index contributed by atoms with van der Waals surface area (Å²) in [7, 11) is 0. The van der Waals surface area contributed by atoms with Crippen molar-refractivity contribution in [2.45, 2.75) is 43.8 Å². The molecule has 0 spiro atoms. The van der Waals surface area contributed by atoms with Crippen molar-refractivity contribution in [3.05, 3.63) is 5.82 Å². The average molecular weight is 252 g/mol. The lowest BCUT2D eigenvalue weighted by atomic mass is 10.0. The Morgan fingerprint density at radius 1 is 1.24 bits per heavy atom. The molecule has 0 aliphatic carbocycles. The van der Waals surface area contributed by atoms with Crippen molar-refractivity contribution in [1.29, 1.82) is 0 Å². The molecule has 4 nitrogen and oxygen atoms in total. The minimum Gasteiger partial charge on any atom is -0.316 e. The molecule has 3 heterocycles. The van der Waals surface area contributed by atoms with Crippen LogP contribution in [0.25, 0.3) is 0 Å². The number of nitrogens with zero attached hydrogens (tertiary/aromatic N) is 3. The summed E-state index contributed by atoms with van der Waals surface area (Å²) in [5.41, 5.74) is 0. The third-order valence-corrected chi connectivity index (χ3v) is 4.70. The van der Waals surface area contributed by atoms with Crippen molar-refractivity contribution in [2.75, 3.05) is 18.8 Å². The highest BCUT2D eigenvalue weighted by Crippen LogP contribution is 2.23. The number of aryl methyl sites for hydroxylation is 1. The Bertz CT molecular complexity index is 373. The van der Waals surface area contributed by atoms with Crippen molar-refractivity contribution >= 4 is 11.8 Å². The molecule has 0 saturated carbocycles. The summed E-state index contributed by atoms with van der Waals surface area (Å²) in [6, 6.07) is 0. The van der Waals surface area contributed by atoms with Crippen LogP contribution in [0.15, 0.2) is 5.16 Å². The van der Waals surface area contributed by atoms with Gasteiger partial charge in [-0.15, -0.1) is 10.2 Å². The fourth-order valence-corrected chi connectivity index (χ4v) is 3.52. The summed E-state index contributed by atoms with van der Waals surface area (Å²) in [4.78, 5) is 0. The summed E-state index contributed by atoms with van der Waals surface area (Å²) in [6.07, 6.45) is 6.31. The molecule has 0 bridgehead atoms. The van der Waals surface area contributed by atoms with Crippen molar-refractivity contribution in [3.8, 4) is 0 Å². The molecule has 5 heteroatoms. The first kappa shape index (κ1) is 11.5. The SMILES string of the molecule is C1CCc2nnc(SCCC3CNC3)n2CC1. The normalized spacial score (nSPS) is 20.7. The molecule has 1 fully saturated rings. The fourth-order valence-electron chi connectivity index (χ4n) is 2.43. The van der Waals surface area contributed by atoms with Crippen molar-refractivity contribution in [1.82, 2.24) is 20.1 Å². The van der Waals surface area contributed by atoms with Crippen LogP contribution >= 0.6 is 11.8 Å². The third kappa shape index (κ3) is 2.65. The molecular formula is C12H20N4S. The zero-order chi connectivity index (χ0) is 11.5. The summed E-state index contributed by atoms with van der Waals surface area (Å²) in [5, 5.41) is 13.1. The van der Waals surface area contributed by atoms with Gasteiger partial charge in [0.25, 0.3) is 0 Å². The zero-order valence-corrected chi connectivity index (χ0v) is 11.0. The molecule has 0 atom stereocenters. The Balaban J connectivity index is 1.56. The van der Waals surface area contributed by atoms with Crippen LogP contribution in [0.4, 0.5) is 0 Å². The zero-order valence-electron chi connectivity index (χ0n) is 10.2. The van der Waals surface area contributed by atoms with Gasteiger partial charge < -0.3 is 9.88 Å². The van der Waals surface area contributed by atoms with Crippen molar-refractivity contribution < 1.29 is 0 Å². The van der Waals surface area contributed by atoms with E-state index in [9.17, 15) is 0 Å². The van der Waals surface area contributed by atoms with E-state index in [1.165, 1.54) is 50.4 Å². The van der Waals surface area contributed by atoms with Gasteiger partial charge in [-0.05, 0) is 38.3 Å². The number of aromatic nitrogens is 3. The van der Waals surface area contributed by atoms with Crippen LogP contribution in [0.3, 0.4) is 0 Å². The number of nitrogens with one attached hydrogen (secondary N) is 1. The maximum absolute atomic E-state index is 4.34. The predicted molar refractivity (Wildman–Crippen MR) is 69.3 cm³/mol. The van der Waals surface area contributed by atoms with E-state index in [2.05, 4.69) is 20.1 Å². The van der Waals surface area contributed by atoms with Gasteiger partial charge in [0.05, 0.1) is 0 Å². The second-order valence-corrected chi connectivity index (χ2v) is 6.08. The summed E-state index contributed by atoms with van der Waals surface area (Å²) in [6.45, 7) is 3.53. The molecule has 1 N–H and O–H groups in total. The quantitative estimate of drug-likeness (QED) is 0.828. The Morgan fingerprint density at radius 2 is 2.18 bits per heavy atom. The maximum atomic E-state index is 4.34. The molecule has 0 aromatic carbocycles. The maximum Gasteiger partial charge on any atom is 0.191 e. The Hall–Kier alpha value is -0.550. The van der Waals surface area contributed by atoms with E-state index < -0.39 is 0 Å². The van der Waals surface area contributed by atoms with Crippen LogP contribution in [-0.2, 0) is 13.0 Å². The summed E-state index contributed by atoms with van der Waals surface area (Å²) >= 11 is 1.89. The van der Waals surface area contributed by atoms with E-state index in [0.29, 0.717) is 0 Å². The Labute approximate surface area is 107 Å². The lowest BCUT2D eigenvalue weighted by molar-refractivity contribution is 0.341. The first-order valence-corrected chi connectivity index (χ1v) is 7.67. The van der Waals surface area contributed by atoms with Crippen LogP contribution in [0.1, 0.15) is 31.5 Å². The van der Waals surface area contributed by atoms with Crippen LogP contribution in [0.5, 0.6) is 0 Å². The van der Waals surface area contributed by atoms with Gasteiger partial charge in [-0.3, -0.25) is 0 Å². The van der Waals surface area contributed by atoms with Crippen LogP contribution in [0.2, 0.25) is 0 Å². The summed E-state index contributed by atoms with van der Waals surface area (Å²) in [5.74, 6) is 3.29. The van der Waals surface area contributed by atoms with Gasteiger partial charge in [0.2, 0.25) is 0 Å². The Kier molecular flexibility index (Phi) is 3.66. The van der Waals surface area contributed by atoms with Crippen LogP contribution in [-0.4, -0.2) is 33.6 Å². The predicted octanol–water partition coefficient (Wildman–Crippen LogP) is 1.71. The molecular weight excluding hydrogens is 232 g/mol. The molecule has 0 radical (unpaired) electrons. The van der Waals surface area contributed by atoms with Gasteiger partial charge in [0.15, 0.2) is 5.16 Å². The highest BCUT2D eigenvalue weighted by molar-refractivity contribution is 7.99. The molecule has 94 valence electrons. The molecule has 0 unspecified atom stereocenters. The molecule has 1 aromatic heterocycles. The number of hydrogen-bond donors (Lipinski definition) is 1. The van der Waals surface area contributed by atoms with Gasteiger partial charge in [0.1, 0.15) is 5.82 Å². The highest BCUT2D eigenvalue weighted by Gasteiger charge is 2.18. The van der Waals surface area contributed by atoms with Gasteiger partial charge >= 0.3 is 0 Å². The van der Waals surface area contributed by atoms with E-state index in [1.807, 2.05) is 11.8 Å². The smallest absolute Gasteiger partial charge is 0.191 e. The molecule has 17 heavy (non-hydrogen) atoms. The molecule has 3 rings (SSSR count). The van der Waals surface area contributed by atoms with E-state index in [0.717, 1.165) is 24.0 Å². The van der Waals surface area contributed by atoms with E-state index in [4.69, 9.17) is 0 Å². The number of thioether (sulfide) groups is 1. The lowest BCUT2D eigenvalue weighted by Gasteiger charge is -2.26. The monoisotopic (exact) mass is 252 g/mol. The minimum atomic E-state index is 0.897. The second-order valence-electron chi connectivity index (χ2n) is 5.02. The molecule has 1 aromatic rings. The molecule has 1 saturated heterocycles. The van der Waals surface area contributed by atoms with E-state index >= 15 is 0 Å². The molecule has 2 aliphatic rings. The first-order valence-electron chi connectivity index (χ1n) is 6.69. The van der Waals surface area contributed by atoms with E-state index in [-0.39, 0.29) is 0 Å². The van der Waals surface area contributed by atoms with Gasteiger partial charge in [-0.1, -0.05) is 18.2 Å². The number of fused-ring (bicyclic) bond motifs is 1. The van der Waals surface area contributed by atoms with Crippen LogP contribution in [0, 0.1) is 5.92 Å². The average Bonchev–Trinajstić information content (AvgIpc) is 2.52. The lowest BCUT2D eigenvalue weighted by Crippen LogP contribution is -2.42. The van der Waals surface area contributed by atoms with Crippen molar-refractivity contribution in [2.24, 2.45) is 5.92 Å². The van der Waals surface area contributed by atoms with E-state index in [1.54, 1.807) is 0 Å². The van der Waals surface area contributed by atoms with Crippen LogP contribution < -0.4 is 5.32 Å². The number of hydrogen-bond acceptors (Lipinski definition) is 4. The topological polar surface area (TPSA) is 42.7 Å². The van der Waals surface area contributed by atoms with Crippen molar-refractivity contribution in [3.63, 3.8) is 0 Å². The van der Waals surface area contributed by atoms with Gasteiger partial charge in [-0.25, -0.2) is 0 Å². The minimum absolute atomic E-state index is 0.897. The Morgan fingerprint density at radius 3 is 3.00 bits per heavy atom. The van der Waals surface area contributed by atoms with Gasteiger partial charge in [-0.2, -0.15) is 0 Å². The molecule has 0 amide bonds. The first-order chi connectivity index (χ1) is 8.43. The number of rotatable bonds is 4. The second kappa shape index (κ2) is 5.40.